The number of amides is 3. The number of hydrogen-bond donors (Lipinski definition) is 3. The fourth-order valence-corrected chi connectivity index (χ4v) is 3.00. The second-order valence-electron chi connectivity index (χ2n) is 6.20. The minimum Gasteiger partial charge on any atom is -0.454 e. The average Bonchev–Trinajstić information content (AvgIpc) is 2.83. The molecule has 0 saturated carbocycles. The molecule has 140 valence electrons. The van der Waals surface area contributed by atoms with Crippen molar-refractivity contribution in [2.75, 3.05) is 10.6 Å². The summed E-state index contributed by atoms with van der Waals surface area (Å²) in [7, 11) is 0. The van der Waals surface area contributed by atoms with Gasteiger partial charge in [-0.15, -0.1) is 0 Å². The van der Waals surface area contributed by atoms with Crippen molar-refractivity contribution in [1.82, 2.24) is 5.32 Å². The lowest BCUT2D eigenvalue weighted by Gasteiger charge is -2.11. The van der Waals surface area contributed by atoms with E-state index in [9.17, 15) is 9.59 Å². The van der Waals surface area contributed by atoms with Crippen LogP contribution in [-0.4, -0.2) is 11.9 Å². The van der Waals surface area contributed by atoms with E-state index in [1.165, 1.54) is 0 Å². The monoisotopic (exact) mass is 393 g/mol. The van der Waals surface area contributed by atoms with Gasteiger partial charge >= 0.3 is 6.03 Å². The molecule has 0 bridgehead atoms. The van der Waals surface area contributed by atoms with Crippen LogP contribution in [0.3, 0.4) is 0 Å². The molecule has 3 amide bonds. The number of anilines is 2. The third-order valence-electron chi connectivity index (χ3n) is 4.19. The van der Waals surface area contributed by atoms with E-state index in [0.717, 1.165) is 5.56 Å². The molecule has 0 aromatic heterocycles. The number of ether oxygens (including phenoxy) is 1. The van der Waals surface area contributed by atoms with Crippen LogP contribution in [0.1, 0.15) is 15.9 Å². The summed E-state index contributed by atoms with van der Waals surface area (Å²) in [5.74, 6) is 0.552. The first-order valence-electron chi connectivity index (χ1n) is 8.60. The number of carbonyl (C=O) groups excluding carboxylic acids is 2. The van der Waals surface area contributed by atoms with Crippen LogP contribution < -0.4 is 20.7 Å². The Bertz CT molecular complexity index is 1050. The zero-order valence-electron chi connectivity index (χ0n) is 14.7. The van der Waals surface area contributed by atoms with E-state index < -0.39 is 0 Å². The molecule has 0 saturated heterocycles. The van der Waals surface area contributed by atoms with Crippen LogP contribution in [0.5, 0.6) is 11.5 Å². The molecule has 1 aliphatic heterocycles. The quantitative estimate of drug-likeness (QED) is 0.584. The third-order valence-corrected chi connectivity index (χ3v) is 4.42. The maximum atomic E-state index is 12.6. The first kappa shape index (κ1) is 17.9. The molecule has 28 heavy (non-hydrogen) atoms. The van der Waals surface area contributed by atoms with Crippen molar-refractivity contribution in [3.05, 3.63) is 82.9 Å². The Morgan fingerprint density at radius 2 is 1.79 bits per heavy atom. The van der Waals surface area contributed by atoms with Crippen molar-refractivity contribution in [1.29, 1.82) is 0 Å². The van der Waals surface area contributed by atoms with Gasteiger partial charge in [-0.1, -0.05) is 41.9 Å². The Balaban J connectivity index is 1.48. The molecular weight excluding hydrogens is 378 g/mol. The van der Waals surface area contributed by atoms with E-state index in [0.29, 0.717) is 40.0 Å². The fraction of sp³-hybridized carbons (Fsp3) is 0.0476. The molecule has 0 unspecified atom stereocenters. The second kappa shape index (κ2) is 7.62. The number of hydrogen-bond acceptors (Lipinski definition) is 3. The van der Waals surface area contributed by atoms with E-state index >= 15 is 0 Å². The van der Waals surface area contributed by atoms with Crippen LogP contribution in [0.2, 0.25) is 5.02 Å². The summed E-state index contributed by atoms with van der Waals surface area (Å²) < 4.78 is 5.82. The molecule has 0 fully saturated rings. The smallest absolute Gasteiger partial charge is 0.319 e. The summed E-state index contributed by atoms with van der Waals surface area (Å²) in [6.45, 7) is 0.400. The van der Waals surface area contributed by atoms with E-state index in [4.69, 9.17) is 16.3 Å². The molecule has 0 radical (unpaired) electrons. The summed E-state index contributed by atoms with van der Waals surface area (Å²) in [4.78, 5) is 24.7. The van der Waals surface area contributed by atoms with Crippen molar-refractivity contribution in [2.24, 2.45) is 0 Å². The number of benzene rings is 3. The number of carbonyl (C=O) groups is 2. The van der Waals surface area contributed by atoms with Gasteiger partial charge in [0.1, 0.15) is 5.75 Å². The molecule has 6 nitrogen and oxygen atoms in total. The van der Waals surface area contributed by atoms with Gasteiger partial charge in [0.2, 0.25) is 0 Å². The van der Waals surface area contributed by atoms with Crippen molar-refractivity contribution < 1.29 is 14.3 Å². The average molecular weight is 394 g/mol. The van der Waals surface area contributed by atoms with Crippen molar-refractivity contribution in [3.8, 4) is 11.5 Å². The summed E-state index contributed by atoms with van der Waals surface area (Å²) in [5, 5.41) is 8.76. The maximum Gasteiger partial charge on any atom is 0.319 e. The van der Waals surface area contributed by atoms with Crippen LogP contribution in [-0.2, 0) is 6.54 Å². The van der Waals surface area contributed by atoms with Gasteiger partial charge in [-0.2, -0.15) is 0 Å². The van der Waals surface area contributed by atoms with E-state index in [-0.39, 0.29) is 11.9 Å². The van der Waals surface area contributed by atoms with Gasteiger partial charge in [0.05, 0.1) is 11.3 Å². The normalized spacial score (nSPS) is 12.0. The van der Waals surface area contributed by atoms with Gasteiger partial charge in [-0.25, -0.2) is 4.79 Å². The highest BCUT2D eigenvalue weighted by molar-refractivity contribution is 6.31. The van der Waals surface area contributed by atoms with Crippen molar-refractivity contribution in [3.63, 3.8) is 0 Å². The van der Waals surface area contributed by atoms with Crippen molar-refractivity contribution in [2.45, 2.75) is 6.54 Å². The first-order valence-corrected chi connectivity index (χ1v) is 8.98. The van der Waals surface area contributed by atoms with Gasteiger partial charge < -0.3 is 20.7 Å². The van der Waals surface area contributed by atoms with Crippen LogP contribution in [0, 0.1) is 0 Å². The molecule has 0 atom stereocenters. The molecule has 3 aromatic carbocycles. The largest absolute Gasteiger partial charge is 0.454 e. The van der Waals surface area contributed by atoms with Crippen LogP contribution in [0.15, 0.2) is 66.7 Å². The van der Waals surface area contributed by atoms with Crippen LogP contribution >= 0.6 is 11.6 Å². The van der Waals surface area contributed by atoms with Crippen molar-refractivity contribution >= 4 is 34.9 Å². The zero-order chi connectivity index (χ0) is 19.5. The Labute approximate surface area is 166 Å². The molecule has 1 aliphatic rings. The lowest BCUT2D eigenvalue weighted by Crippen LogP contribution is -2.28. The fourth-order valence-electron chi connectivity index (χ4n) is 2.82. The minimum atomic E-state index is -0.367. The Kier molecular flexibility index (Phi) is 4.87. The zero-order valence-corrected chi connectivity index (χ0v) is 15.4. The summed E-state index contributed by atoms with van der Waals surface area (Å²) in [5.41, 5.74) is 2.27. The Morgan fingerprint density at radius 1 is 1.00 bits per heavy atom. The predicted octanol–water partition coefficient (Wildman–Crippen LogP) is 5.02. The molecule has 3 aromatic rings. The SMILES string of the molecule is O=C(NCc1ccccc1)Nc1ccc2c(c1)C(=O)Nc1cc(Cl)ccc1O2. The number of nitrogens with one attached hydrogen (secondary N) is 3. The summed E-state index contributed by atoms with van der Waals surface area (Å²) >= 11 is 5.98. The highest BCUT2D eigenvalue weighted by atomic mass is 35.5. The van der Waals surface area contributed by atoms with Gasteiger partial charge in [-0.05, 0) is 42.0 Å². The predicted molar refractivity (Wildman–Crippen MR) is 108 cm³/mol. The minimum absolute atomic E-state index is 0.313. The van der Waals surface area contributed by atoms with E-state index in [1.54, 1.807) is 36.4 Å². The summed E-state index contributed by atoms with van der Waals surface area (Å²) in [6, 6.07) is 19.1. The number of rotatable bonds is 3. The van der Waals surface area contributed by atoms with Gasteiger partial charge in [0.25, 0.3) is 5.91 Å². The van der Waals surface area contributed by atoms with E-state index in [2.05, 4.69) is 16.0 Å². The number of urea groups is 1. The van der Waals surface area contributed by atoms with Gasteiger partial charge in [0, 0.05) is 17.3 Å². The third kappa shape index (κ3) is 3.92. The highest BCUT2D eigenvalue weighted by Gasteiger charge is 2.21. The van der Waals surface area contributed by atoms with Crippen LogP contribution in [0.25, 0.3) is 0 Å². The maximum absolute atomic E-state index is 12.6. The van der Waals surface area contributed by atoms with Gasteiger partial charge in [-0.3, -0.25) is 4.79 Å². The summed E-state index contributed by atoms with van der Waals surface area (Å²) in [6.07, 6.45) is 0. The lowest BCUT2D eigenvalue weighted by atomic mass is 10.1. The second-order valence-corrected chi connectivity index (χ2v) is 6.64. The molecule has 3 N–H and O–H groups in total. The molecule has 0 aliphatic carbocycles. The number of fused-ring (bicyclic) bond motifs is 2. The standard InChI is InChI=1S/C21H16ClN3O3/c22-14-6-8-19-17(10-14)25-20(26)16-11-15(7-9-18(16)28-19)24-21(27)23-12-13-4-2-1-3-5-13/h1-11H,12H2,(H,25,26)(H2,23,24,27). The molecular formula is C21H16ClN3O3. The topological polar surface area (TPSA) is 79.5 Å². The molecule has 4 rings (SSSR count). The Morgan fingerprint density at radius 3 is 2.61 bits per heavy atom. The lowest BCUT2D eigenvalue weighted by molar-refractivity contribution is 0.102. The van der Waals surface area contributed by atoms with Gasteiger partial charge in [0.15, 0.2) is 5.75 Å². The highest BCUT2D eigenvalue weighted by Crippen LogP contribution is 2.37. The molecule has 0 spiro atoms. The van der Waals surface area contributed by atoms with Crippen LogP contribution in [0.4, 0.5) is 16.2 Å². The molecule has 1 heterocycles. The Hall–Kier alpha value is -3.51. The number of halogens is 1. The first-order chi connectivity index (χ1) is 13.6. The molecule has 7 heteroatoms. The van der Waals surface area contributed by atoms with E-state index in [1.807, 2.05) is 30.3 Å².